The summed E-state index contributed by atoms with van der Waals surface area (Å²) in [6.45, 7) is 5.76. The maximum absolute atomic E-state index is 11.1. The van der Waals surface area contributed by atoms with Gasteiger partial charge in [-0.2, -0.15) is 0 Å². The summed E-state index contributed by atoms with van der Waals surface area (Å²) in [5.74, 6) is 0.316. The third-order valence-electron chi connectivity index (χ3n) is 2.19. The number of rotatable bonds is 8. The van der Waals surface area contributed by atoms with Crippen molar-refractivity contribution in [2.45, 2.75) is 59.0 Å². The van der Waals surface area contributed by atoms with Gasteiger partial charge in [-0.25, -0.2) is 0 Å². The number of carbonyl (C=O) groups excluding carboxylic acids is 2. The minimum absolute atomic E-state index is 0.0218. The molecule has 0 aromatic carbocycles. The van der Waals surface area contributed by atoms with Gasteiger partial charge in [-0.05, 0) is 26.2 Å². The van der Waals surface area contributed by atoms with E-state index >= 15 is 0 Å². The van der Waals surface area contributed by atoms with Crippen molar-refractivity contribution in [3.63, 3.8) is 0 Å². The lowest BCUT2D eigenvalue weighted by Crippen LogP contribution is -2.11. The van der Waals surface area contributed by atoms with Crippen molar-refractivity contribution in [2.75, 3.05) is 0 Å². The Bertz CT molecular complexity index is 187. The van der Waals surface area contributed by atoms with E-state index in [0.29, 0.717) is 18.8 Å². The molecular weight excluding hydrogens is 192 g/mol. The molecule has 1 unspecified atom stereocenters. The van der Waals surface area contributed by atoms with Crippen molar-refractivity contribution in [1.29, 1.82) is 0 Å². The van der Waals surface area contributed by atoms with Crippen LogP contribution in [-0.2, 0) is 14.3 Å². The van der Waals surface area contributed by atoms with Crippen LogP contribution in [0.25, 0.3) is 0 Å². The summed E-state index contributed by atoms with van der Waals surface area (Å²) >= 11 is 0. The zero-order valence-electron chi connectivity index (χ0n) is 9.99. The third kappa shape index (κ3) is 9.44. The number of esters is 1. The quantitative estimate of drug-likeness (QED) is 0.354. The average molecular weight is 214 g/mol. The van der Waals surface area contributed by atoms with E-state index in [4.69, 9.17) is 4.74 Å². The van der Waals surface area contributed by atoms with Gasteiger partial charge in [0.2, 0.25) is 0 Å². The van der Waals surface area contributed by atoms with E-state index in [1.807, 2.05) is 13.8 Å². The van der Waals surface area contributed by atoms with Gasteiger partial charge in [0.15, 0.2) is 0 Å². The number of aldehydes is 1. The van der Waals surface area contributed by atoms with Crippen molar-refractivity contribution >= 4 is 12.3 Å². The van der Waals surface area contributed by atoms with Gasteiger partial charge in [-0.1, -0.05) is 19.8 Å². The summed E-state index contributed by atoms with van der Waals surface area (Å²) in [6, 6.07) is 0. The molecular formula is C12H22O3. The molecule has 0 heterocycles. The second-order valence-electron chi connectivity index (χ2n) is 4.29. The molecule has 0 aromatic rings. The Morgan fingerprint density at radius 3 is 2.47 bits per heavy atom. The fourth-order valence-electron chi connectivity index (χ4n) is 1.37. The summed E-state index contributed by atoms with van der Waals surface area (Å²) in [6.07, 6.45) is 4.90. The highest BCUT2D eigenvalue weighted by atomic mass is 16.5. The van der Waals surface area contributed by atoms with Crippen LogP contribution in [0.3, 0.4) is 0 Å². The first-order valence-corrected chi connectivity index (χ1v) is 5.69. The minimum atomic E-state index is -0.118. The fraction of sp³-hybridized carbons (Fsp3) is 0.833. The molecule has 0 aliphatic rings. The van der Waals surface area contributed by atoms with Crippen LogP contribution < -0.4 is 0 Å². The van der Waals surface area contributed by atoms with Crippen LogP contribution in [0.4, 0.5) is 0 Å². The second-order valence-corrected chi connectivity index (χ2v) is 4.29. The van der Waals surface area contributed by atoms with Crippen LogP contribution in [0.15, 0.2) is 0 Å². The normalized spacial score (nSPS) is 12.5. The molecule has 88 valence electrons. The molecule has 0 amide bonds. The van der Waals surface area contributed by atoms with E-state index in [0.717, 1.165) is 25.5 Å². The number of hydrogen-bond acceptors (Lipinski definition) is 3. The zero-order chi connectivity index (χ0) is 11.7. The Kier molecular flexibility index (Phi) is 7.96. The maximum Gasteiger partial charge on any atom is 0.306 e. The lowest BCUT2D eigenvalue weighted by Gasteiger charge is -2.09. The van der Waals surface area contributed by atoms with Gasteiger partial charge in [-0.15, -0.1) is 0 Å². The molecule has 0 radical (unpaired) electrons. The molecule has 0 N–H and O–H groups in total. The topological polar surface area (TPSA) is 43.4 Å². The van der Waals surface area contributed by atoms with E-state index < -0.39 is 0 Å². The van der Waals surface area contributed by atoms with Gasteiger partial charge in [0.1, 0.15) is 6.29 Å². The van der Waals surface area contributed by atoms with Crippen molar-refractivity contribution in [3.05, 3.63) is 0 Å². The molecule has 15 heavy (non-hydrogen) atoms. The van der Waals surface area contributed by atoms with Crippen LogP contribution in [0.5, 0.6) is 0 Å². The predicted octanol–water partition coefficient (Wildman–Crippen LogP) is 2.72. The Labute approximate surface area is 92.2 Å². The molecule has 0 aromatic heterocycles. The molecule has 3 heteroatoms. The molecule has 0 spiro atoms. The third-order valence-corrected chi connectivity index (χ3v) is 2.19. The van der Waals surface area contributed by atoms with E-state index in [-0.39, 0.29) is 12.1 Å². The van der Waals surface area contributed by atoms with Crippen LogP contribution in [-0.4, -0.2) is 18.4 Å². The second kappa shape index (κ2) is 8.45. The first-order chi connectivity index (χ1) is 7.06. The summed E-state index contributed by atoms with van der Waals surface area (Å²) in [4.78, 5) is 21.3. The first kappa shape index (κ1) is 14.1. The van der Waals surface area contributed by atoms with Crippen molar-refractivity contribution in [3.8, 4) is 0 Å². The standard InChI is InChI=1S/C12H22O3/c1-10(2)15-12(14)7-5-4-6-11(3)8-9-13/h9-11H,4-8H2,1-3H3. The molecule has 0 bridgehead atoms. The largest absolute Gasteiger partial charge is 0.463 e. The van der Waals surface area contributed by atoms with Gasteiger partial charge in [0.05, 0.1) is 6.10 Å². The summed E-state index contributed by atoms with van der Waals surface area (Å²) in [5, 5.41) is 0. The highest BCUT2D eigenvalue weighted by molar-refractivity contribution is 5.69. The highest BCUT2D eigenvalue weighted by Gasteiger charge is 2.06. The van der Waals surface area contributed by atoms with Gasteiger partial charge in [0, 0.05) is 12.8 Å². The van der Waals surface area contributed by atoms with Crippen LogP contribution in [0, 0.1) is 5.92 Å². The van der Waals surface area contributed by atoms with E-state index in [9.17, 15) is 9.59 Å². The highest BCUT2D eigenvalue weighted by Crippen LogP contribution is 2.12. The fourth-order valence-corrected chi connectivity index (χ4v) is 1.37. The number of ether oxygens (including phenoxy) is 1. The van der Waals surface area contributed by atoms with Crippen LogP contribution in [0.1, 0.15) is 52.9 Å². The predicted molar refractivity (Wildman–Crippen MR) is 59.5 cm³/mol. The lowest BCUT2D eigenvalue weighted by atomic mass is 10.0. The molecule has 3 nitrogen and oxygen atoms in total. The zero-order valence-corrected chi connectivity index (χ0v) is 9.99. The molecule has 0 aliphatic carbocycles. The van der Waals surface area contributed by atoms with E-state index in [2.05, 4.69) is 6.92 Å². The Morgan fingerprint density at radius 2 is 1.93 bits per heavy atom. The Hall–Kier alpha value is -0.860. The molecule has 0 aliphatic heterocycles. The molecule has 0 rings (SSSR count). The maximum atomic E-state index is 11.1. The van der Waals surface area contributed by atoms with Crippen LogP contribution in [0.2, 0.25) is 0 Å². The summed E-state index contributed by atoms with van der Waals surface area (Å²) in [7, 11) is 0. The lowest BCUT2D eigenvalue weighted by molar-refractivity contribution is -0.147. The molecule has 0 fully saturated rings. The van der Waals surface area contributed by atoms with Gasteiger partial charge in [-0.3, -0.25) is 4.79 Å². The minimum Gasteiger partial charge on any atom is -0.463 e. The molecule has 0 saturated carbocycles. The van der Waals surface area contributed by atoms with Crippen molar-refractivity contribution in [1.82, 2.24) is 0 Å². The average Bonchev–Trinajstić information content (AvgIpc) is 2.12. The number of unbranched alkanes of at least 4 members (excludes halogenated alkanes) is 1. The molecule has 0 saturated heterocycles. The molecule has 1 atom stereocenters. The smallest absolute Gasteiger partial charge is 0.306 e. The van der Waals surface area contributed by atoms with Gasteiger partial charge >= 0.3 is 5.97 Å². The first-order valence-electron chi connectivity index (χ1n) is 5.69. The van der Waals surface area contributed by atoms with Crippen molar-refractivity contribution in [2.24, 2.45) is 5.92 Å². The number of hydrogen-bond donors (Lipinski definition) is 0. The van der Waals surface area contributed by atoms with E-state index in [1.165, 1.54) is 0 Å². The Morgan fingerprint density at radius 1 is 1.27 bits per heavy atom. The van der Waals surface area contributed by atoms with E-state index in [1.54, 1.807) is 0 Å². The SMILES string of the molecule is CC(CC=O)CCCCC(=O)OC(C)C. The summed E-state index contributed by atoms with van der Waals surface area (Å²) in [5.41, 5.74) is 0. The van der Waals surface area contributed by atoms with Crippen LogP contribution >= 0.6 is 0 Å². The van der Waals surface area contributed by atoms with Gasteiger partial charge < -0.3 is 9.53 Å². The van der Waals surface area contributed by atoms with Gasteiger partial charge in [0.25, 0.3) is 0 Å². The van der Waals surface area contributed by atoms with Crippen molar-refractivity contribution < 1.29 is 14.3 Å². The Balaban J connectivity index is 3.37. The monoisotopic (exact) mass is 214 g/mol. The summed E-state index contributed by atoms with van der Waals surface area (Å²) < 4.78 is 5.01. The number of carbonyl (C=O) groups is 2.